The van der Waals surface area contributed by atoms with Gasteiger partial charge in [-0.3, -0.25) is 9.36 Å². The highest BCUT2D eigenvalue weighted by molar-refractivity contribution is 5.85. The molecule has 0 saturated carbocycles. The summed E-state index contributed by atoms with van der Waals surface area (Å²) in [6.07, 6.45) is 5.73. The molecule has 106 valence electrons. The molecule has 5 nitrogen and oxygen atoms in total. The monoisotopic (exact) mass is 283 g/mol. The van der Waals surface area contributed by atoms with E-state index in [1.54, 1.807) is 0 Å². The van der Waals surface area contributed by atoms with Crippen molar-refractivity contribution in [1.82, 2.24) is 19.6 Å². The van der Waals surface area contributed by atoms with E-state index in [1.807, 2.05) is 34.0 Å². The lowest BCUT2D eigenvalue weighted by Crippen LogP contribution is -2.10. The van der Waals surface area contributed by atoms with Crippen molar-refractivity contribution >= 4 is 18.1 Å². The van der Waals surface area contributed by atoms with Gasteiger partial charge >= 0.3 is 0 Å². The highest BCUT2D eigenvalue weighted by Crippen LogP contribution is 2.13. The quantitative estimate of drug-likeness (QED) is 0.916. The number of hydrogen-bond donors (Lipinski definition) is 1. The molecule has 1 N–H and O–H groups in total. The Hall–Kier alpha value is -1.49. The first kappa shape index (κ1) is 15.6. The Labute approximate surface area is 120 Å². The van der Waals surface area contributed by atoms with Gasteiger partial charge in [0.05, 0.1) is 24.1 Å². The van der Waals surface area contributed by atoms with E-state index in [0.29, 0.717) is 12.1 Å². The Morgan fingerprint density at radius 2 is 1.89 bits per heavy atom. The first-order chi connectivity index (χ1) is 8.58. The van der Waals surface area contributed by atoms with Crippen molar-refractivity contribution in [1.29, 1.82) is 0 Å². The molecule has 0 aliphatic rings. The van der Waals surface area contributed by atoms with Gasteiger partial charge in [0.2, 0.25) is 0 Å². The van der Waals surface area contributed by atoms with E-state index in [-0.39, 0.29) is 12.4 Å². The molecule has 0 amide bonds. The average Bonchev–Trinajstić information content (AvgIpc) is 2.95. The maximum absolute atomic E-state index is 4.32. The van der Waals surface area contributed by atoms with Crippen LogP contribution in [0.25, 0.3) is 0 Å². The third kappa shape index (κ3) is 3.73. The van der Waals surface area contributed by atoms with Crippen LogP contribution in [0.5, 0.6) is 0 Å². The van der Waals surface area contributed by atoms with Gasteiger partial charge in [-0.25, -0.2) is 0 Å². The molecule has 0 bridgehead atoms. The molecule has 0 unspecified atom stereocenters. The van der Waals surface area contributed by atoms with Crippen LogP contribution in [0, 0.1) is 0 Å². The van der Waals surface area contributed by atoms with Crippen molar-refractivity contribution in [2.45, 2.75) is 46.3 Å². The third-order valence-electron chi connectivity index (χ3n) is 2.85. The number of hydrogen-bond acceptors (Lipinski definition) is 3. The topological polar surface area (TPSA) is 47.7 Å². The van der Waals surface area contributed by atoms with Gasteiger partial charge in [-0.15, -0.1) is 12.4 Å². The molecule has 0 aliphatic heterocycles. The fraction of sp³-hybridized carbons (Fsp3) is 0.538. The van der Waals surface area contributed by atoms with E-state index in [1.165, 1.54) is 5.69 Å². The van der Waals surface area contributed by atoms with Gasteiger partial charge < -0.3 is 5.32 Å². The number of halogens is 1. The molecule has 6 heteroatoms. The van der Waals surface area contributed by atoms with Crippen molar-refractivity contribution in [3.05, 3.63) is 30.4 Å². The number of nitrogens with zero attached hydrogens (tertiary/aromatic N) is 4. The summed E-state index contributed by atoms with van der Waals surface area (Å²) in [6, 6.07) is 2.82. The molecular weight excluding hydrogens is 262 g/mol. The van der Waals surface area contributed by atoms with E-state index >= 15 is 0 Å². The largest absolute Gasteiger partial charge is 0.377 e. The van der Waals surface area contributed by atoms with Crippen LogP contribution in [-0.2, 0) is 6.54 Å². The van der Waals surface area contributed by atoms with Crippen molar-refractivity contribution in [2.24, 2.45) is 0 Å². The van der Waals surface area contributed by atoms with Crippen molar-refractivity contribution in [3.63, 3.8) is 0 Å². The standard InChI is InChI=1S/C13H21N5.ClH/c1-10(2)17-9-12(7-16-17)14-8-13-5-6-15-18(13)11(3)4;/h5-7,9-11,14H,8H2,1-4H3;1H. The Bertz CT molecular complexity index is 501. The average molecular weight is 284 g/mol. The summed E-state index contributed by atoms with van der Waals surface area (Å²) in [5.74, 6) is 0. The van der Waals surface area contributed by atoms with Crippen LogP contribution in [0.4, 0.5) is 5.69 Å². The summed E-state index contributed by atoms with van der Waals surface area (Å²) in [5, 5.41) is 12.0. The Kier molecular flexibility index (Phi) is 5.42. The minimum atomic E-state index is 0. The molecule has 0 atom stereocenters. The predicted molar refractivity (Wildman–Crippen MR) is 79.8 cm³/mol. The zero-order chi connectivity index (χ0) is 13.1. The second kappa shape index (κ2) is 6.61. The van der Waals surface area contributed by atoms with Crippen molar-refractivity contribution in [3.8, 4) is 0 Å². The molecule has 0 saturated heterocycles. The lowest BCUT2D eigenvalue weighted by molar-refractivity contribution is 0.512. The number of rotatable bonds is 5. The van der Waals surface area contributed by atoms with E-state index in [0.717, 1.165) is 12.2 Å². The molecule has 19 heavy (non-hydrogen) atoms. The van der Waals surface area contributed by atoms with E-state index < -0.39 is 0 Å². The second-order valence-corrected chi connectivity index (χ2v) is 5.02. The van der Waals surface area contributed by atoms with Gasteiger partial charge in [0, 0.05) is 24.5 Å². The molecule has 0 aromatic carbocycles. The van der Waals surface area contributed by atoms with Gasteiger partial charge in [0.1, 0.15) is 0 Å². The number of nitrogens with one attached hydrogen (secondary N) is 1. The highest BCUT2D eigenvalue weighted by atomic mass is 35.5. The van der Waals surface area contributed by atoms with Crippen LogP contribution in [0.2, 0.25) is 0 Å². The van der Waals surface area contributed by atoms with E-state index in [4.69, 9.17) is 0 Å². The van der Waals surface area contributed by atoms with Gasteiger partial charge in [-0.2, -0.15) is 10.2 Å². The smallest absolute Gasteiger partial charge is 0.0729 e. The maximum atomic E-state index is 4.32. The molecule has 0 fully saturated rings. The molecule has 0 aliphatic carbocycles. The number of anilines is 1. The molecular formula is C13H22ClN5. The van der Waals surface area contributed by atoms with Gasteiger partial charge in [-0.1, -0.05) is 0 Å². The van der Waals surface area contributed by atoms with Crippen LogP contribution in [0.15, 0.2) is 24.7 Å². The highest BCUT2D eigenvalue weighted by Gasteiger charge is 2.06. The Morgan fingerprint density at radius 3 is 2.47 bits per heavy atom. The van der Waals surface area contributed by atoms with Crippen molar-refractivity contribution < 1.29 is 0 Å². The first-order valence-electron chi connectivity index (χ1n) is 6.38. The minimum absolute atomic E-state index is 0. The first-order valence-corrected chi connectivity index (χ1v) is 6.38. The van der Waals surface area contributed by atoms with Crippen LogP contribution < -0.4 is 5.32 Å². The summed E-state index contributed by atoms with van der Waals surface area (Å²) in [6.45, 7) is 9.26. The van der Waals surface area contributed by atoms with Gasteiger partial charge in [-0.05, 0) is 33.8 Å². The minimum Gasteiger partial charge on any atom is -0.377 e. The van der Waals surface area contributed by atoms with E-state index in [9.17, 15) is 0 Å². The fourth-order valence-corrected chi connectivity index (χ4v) is 1.85. The normalized spacial score (nSPS) is 10.8. The van der Waals surface area contributed by atoms with Crippen LogP contribution in [0.3, 0.4) is 0 Å². The van der Waals surface area contributed by atoms with E-state index in [2.05, 4.69) is 43.2 Å². The number of aromatic nitrogens is 4. The maximum Gasteiger partial charge on any atom is 0.0729 e. The summed E-state index contributed by atoms with van der Waals surface area (Å²) >= 11 is 0. The molecule has 2 aromatic rings. The zero-order valence-corrected chi connectivity index (χ0v) is 12.7. The van der Waals surface area contributed by atoms with Gasteiger partial charge in [0.25, 0.3) is 0 Å². The van der Waals surface area contributed by atoms with Gasteiger partial charge in [0.15, 0.2) is 0 Å². The van der Waals surface area contributed by atoms with Crippen LogP contribution in [0.1, 0.15) is 45.5 Å². The van der Waals surface area contributed by atoms with Crippen LogP contribution >= 0.6 is 12.4 Å². The summed E-state index contributed by atoms with van der Waals surface area (Å²) in [4.78, 5) is 0. The lowest BCUT2D eigenvalue weighted by atomic mass is 10.3. The Balaban J connectivity index is 0.00000180. The Morgan fingerprint density at radius 1 is 1.16 bits per heavy atom. The summed E-state index contributed by atoms with van der Waals surface area (Å²) < 4.78 is 3.97. The summed E-state index contributed by atoms with van der Waals surface area (Å²) in [7, 11) is 0. The SMILES string of the molecule is CC(C)n1cc(NCc2ccnn2C(C)C)cn1.Cl. The molecule has 2 rings (SSSR count). The molecule has 0 spiro atoms. The summed E-state index contributed by atoms with van der Waals surface area (Å²) in [5.41, 5.74) is 2.22. The fourth-order valence-electron chi connectivity index (χ4n) is 1.85. The van der Waals surface area contributed by atoms with Crippen molar-refractivity contribution in [2.75, 3.05) is 5.32 Å². The molecule has 0 radical (unpaired) electrons. The van der Waals surface area contributed by atoms with Crippen LogP contribution in [-0.4, -0.2) is 19.6 Å². The third-order valence-corrected chi connectivity index (χ3v) is 2.85. The second-order valence-electron chi connectivity index (χ2n) is 5.02. The zero-order valence-electron chi connectivity index (χ0n) is 11.9. The lowest BCUT2D eigenvalue weighted by Gasteiger charge is -2.11. The molecule has 2 heterocycles. The predicted octanol–water partition coefficient (Wildman–Crippen LogP) is 3.28. The molecule has 2 aromatic heterocycles.